The van der Waals surface area contributed by atoms with Gasteiger partial charge in [0.05, 0.1) is 19.2 Å². The van der Waals surface area contributed by atoms with Crippen molar-refractivity contribution in [3.8, 4) is 5.75 Å². The van der Waals surface area contributed by atoms with E-state index in [2.05, 4.69) is 9.97 Å². The Morgan fingerprint density at radius 1 is 1.20 bits per heavy atom. The van der Waals surface area contributed by atoms with Crippen molar-refractivity contribution < 1.29 is 14.2 Å². The minimum atomic E-state index is -0.481. The first-order valence-corrected chi connectivity index (χ1v) is 8.08. The van der Waals surface area contributed by atoms with E-state index < -0.39 is 5.82 Å². The van der Waals surface area contributed by atoms with Gasteiger partial charge in [-0.3, -0.25) is 0 Å². The lowest BCUT2D eigenvalue weighted by molar-refractivity contribution is 0.301. The molecule has 1 aromatic heterocycles. The molecule has 2 aromatic carbocycles. The zero-order valence-corrected chi connectivity index (χ0v) is 14.4. The Labute approximate surface area is 149 Å². The third kappa shape index (κ3) is 3.81. The molecule has 0 aliphatic rings. The fourth-order valence-electron chi connectivity index (χ4n) is 2.64. The summed E-state index contributed by atoms with van der Waals surface area (Å²) in [6.07, 6.45) is 1.38. The molecule has 7 heteroatoms. The van der Waals surface area contributed by atoms with Crippen LogP contribution in [0.3, 0.4) is 0 Å². The van der Waals surface area contributed by atoms with Gasteiger partial charge < -0.3 is 14.7 Å². The van der Waals surface area contributed by atoms with Crippen LogP contribution >= 0.6 is 11.6 Å². The Kier molecular flexibility index (Phi) is 5.31. The molecule has 25 heavy (non-hydrogen) atoms. The lowest BCUT2D eigenvalue weighted by Gasteiger charge is -2.24. The van der Waals surface area contributed by atoms with Crippen molar-refractivity contribution in [1.29, 1.82) is 0 Å². The minimum absolute atomic E-state index is 0.0442. The molecule has 5 nitrogen and oxygen atoms in total. The second-order valence-corrected chi connectivity index (χ2v) is 5.91. The van der Waals surface area contributed by atoms with E-state index in [1.807, 2.05) is 29.2 Å². The van der Waals surface area contributed by atoms with E-state index in [0.29, 0.717) is 34.8 Å². The number of rotatable bonds is 6. The molecule has 0 saturated carbocycles. The molecule has 130 valence electrons. The maximum atomic E-state index is 13.9. The van der Waals surface area contributed by atoms with Crippen molar-refractivity contribution in [3.05, 3.63) is 59.1 Å². The number of aliphatic hydroxyl groups is 1. The van der Waals surface area contributed by atoms with Gasteiger partial charge in [-0.15, -0.1) is 0 Å². The van der Waals surface area contributed by atoms with E-state index in [9.17, 15) is 9.50 Å². The number of hydrogen-bond acceptors (Lipinski definition) is 5. The topological polar surface area (TPSA) is 58.5 Å². The Balaban J connectivity index is 2.04. The summed E-state index contributed by atoms with van der Waals surface area (Å²) in [4.78, 5) is 10.4. The first-order chi connectivity index (χ1) is 12.1. The summed E-state index contributed by atoms with van der Waals surface area (Å²) < 4.78 is 19.0. The van der Waals surface area contributed by atoms with E-state index in [-0.39, 0.29) is 12.4 Å². The third-order valence-electron chi connectivity index (χ3n) is 3.84. The average molecular weight is 362 g/mol. The van der Waals surface area contributed by atoms with Crippen molar-refractivity contribution in [2.45, 2.75) is 6.54 Å². The van der Waals surface area contributed by atoms with Gasteiger partial charge in [0.15, 0.2) is 11.6 Å². The molecule has 1 N–H and O–H groups in total. The number of benzene rings is 2. The number of fused-ring (bicyclic) bond motifs is 1. The number of hydrogen-bond donors (Lipinski definition) is 1. The Bertz CT molecular complexity index is 874. The zero-order chi connectivity index (χ0) is 17.8. The standard InChI is InChI=1S/C18H17ClFN3O2/c1-25-17-8-14-16(9-15(17)20)21-11-22-18(14)23(6-7-24)10-12-2-4-13(19)5-3-12/h2-5,8-9,11,24H,6-7,10H2,1H3. The highest BCUT2D eigenvalue weighted by atomic mass is 35.5. The first-order valence-electron chi connectivity index (χ1n) is 7.71. The number of aliphatic hydroxyl groups excluding tert-OH is 1. The average Bonchev–Trinajstić information content (AvgIpc) is 2.62. The summed E-state index contributed by atoms with van der Waals surface area (Å²) in [6, 6.07) is 10.3. The molecule has 0 radical (unpaired) electrons. The lowest BCUT2D eigenvalue weighted by Crippen LogP contribution is -2.27. The Hall–Kier alpha value is -2.44. The molecular formula is C18H17ClFN3O2. The molecule has 3 aromatic rings. The highest BCUT2D eigenvalue weighted by molar-refractivity contribution is 6.30. The van der Waals surface area contributed by atoms with Gasteiger partial charge in [-0.25, -0.2) is 14.4 Å². The third-order valence-corrected chi connectivity index (χ3v) is 4.10. The molecule has 0 unspecified atom stereocenters. The van der Waals surface area contributed by atoms with Crippen LogP contribution in [0.25, 0.3) is 10.9 Å². The van der Waals surface area contributed by atoms with Crippen LogP contribution in [0.15, 0.2) is 42.7 Å². The smallest absolute Gasteiger partial charge is 0.167 e. The first kappa shape index (κ1) is 17.4. The second-order valence-electron chi connectivity index (χ2n) is 5.47. The number of halogens is 2. The van der Waals surface area contributed by atoms with Gasteiger partial charge in [-0.2, -0.15) is 0 Å². The highest BCUT2D eigenvalue weighted by Crippen LogP contribution is 2.30. The quantitative estimate of drug-likeness (QED) is 0.729. The molecule has 0 aliphatic carbocycles. The number of anilines is 1. The van der Waals surface area contributed by atoms with Gasteiger partial charge in [-0.05, 0) is 23.8 Å². The molecule has 0 fully saturated rings. The summed E-state index contributed by atoms with van der Waals surface area (Å²) in [5.41, 5.74) is 1.49. The SMILES string of the molecule is COc1cc2c(N(CCO)Cc3ccc(Cl)cc3)ncnc2cc1F. The molecular weight excluding hydrogens is 345 g/mol. The van der Waals surface area contributed by atoms with E-state index in [1.54, 1.807) is 6.07 Å². The van der Waals surface area contributed by atoms with Gasteiger partial charge in [-0.1, -0.05) is 23.7 Å². The number of nitrogens with zero attached hydrogens (tertiary/aromatic N) is 3. The van der Waals surface area contributed by atoms with Crippen LogP contribution in [0.1, 0.15) is 5.56 Å². The number of methoxy groups -OCH3 is 1. The molecule has 0 saturated heterocycles. The Morgan fingerprint density at radius 3 is 2.64 bits per heavy atom. The van der Waals surface area contributed by atoms with Crippen LogP contribution in [0.5, 0.6) is 5.75 Å². The predicted octanol–water partition coefficient (Wildman–Crippen LogP) is 3.43. The van der Waals surface area contributed by atoms with Crippen LogP contribution < -0.4 is 9.64 Å². The Morgan fingerprint density at radius 2 is 1.96 bits per heavy atom. The summed E-state index contributed by atoms with van der Waals surface area (Å²) in [5, 5.41) is 10.8. The van der Waals surface area contributed by atoms with E-state index in [4.69, 9.17) is 16.3 Å². The van der Waals surface area contributed by atoms with Crippen LogP contribution in [0.4, 0.5) is 10.2 Å². The van der Waals surface area contributed by atoms with Crippen molar-refractivity contribution in [2.24, 2.45) is 0 Å². The van der Waals surface area contributed by atoms with Gasteiger partial charge in [0.25, 0.3) is 0 Å². The van der Waals surface area contributed by atoms with E-state index >= 15 is 0 Å². The van der Waals surface area contributed by atoms with Crippen LogP contribution in [0.2, 0.25) is 5.02 Å². The van der Waals surface area contributed by atoms with Crippen LogP contribution in [-0.2, 0) is 6.54 Å². The molecule has 0 amide bonds. The predicted molar refractivity (Wildman–Crippen MR) is 95.6 cm³/mol. The molecule has 0 bridgehead atoms. The van der Waals surface area contributed by atoms with E-state index in [1.165, 1.54) is 19.5 Å². The molecule has 0 aliphatic heterocycles. The fourth-order valence-corrected chi connectivity index (χ4v) is 2.77. The molecule has 0 atom stereocenters. The summed E-state index contributed by atoms with van der Waals surface area (Å²) >= 11 is 5.93. The van der Waals surface area contributed by atoms with Crippen molar-refractivity contribution >= 4 is 28.3 Å². The maximum Gasteiger partial charge on any atom is 0.167 e. The van der Waals surface area contributed by atoms with Crippen molar-refractivity contribution in [3.63, 3.8) is 0 Å². The van der Waals surface area contributed by atoms with Crippen LogP contribution in [-0.4, -0.2) is 35.3 Å². The second kappa shape index (κ2) is 7.63. The van der Waals surface area contributed by atoms with Gasteiger partial charge >= 0.3 is 0 Å². The summed E-state index contributed by atoms with van der Waals surface area (Å²) in [5.74, 6) is 0.248. The molecule has 3 rings (SSSR count). The normalized spacial score (nSPS) is 10.9. The lowest BCUT2D eigenvalue weighted by atomic mass is 10.1. The van der Waals surface area contributed by atoms with Crippen molar-refractivity contribution in [2.75, 3.05) is 25.2 Å². The zero-order valence-electron chi connectivity index (χ0n) is 13.6. The minimum Gasteiger partial charge on any atom is -0.494 e. The van der Waals surface area contributed by atoms with Gasteiger partial charge in [0.1, 0.15) is 12.1 Å². The summed E-state index contributed by atoms with van der Waals surface area (Å²) in [7, 11) is 1.41. The highest BCUT2D eigenvalue weighted by Gasteiger charge is 2.15. The molecule has 0 spiro atoms. The largest absolute Gasteiger partial charge is 0.494 e. The van der Waals surface area contributed by atoms with E-state index in [0.717, 1.165) is 5.56 Å². The van der Waals surface area contributed by atoms with Crippen LogP contribution in [0, 0.1) is 5.82 Å². The number of ether oxygens (including phenoxy) is 1. The summed E-state index contributed by atoms with van der Waals surface area (Å²) in [6.45, 7) is 0.843. The number of aromatic nitrogens is 2. The molecule has 1 heterocycles. The maximum absolute atomic E-state index is 13.9. The van der Waals surface area contributed by atoms with Crippen molar-refractivity contribution in [1.82, 2.24) is 9.97 Å². The van der Waals surface area contributed by atoms with Gasteiger partial charge in [0.2, 0.25) is 0 Å². The monoisotopic (exact) mass is 361 g/mol. The fraction of sp³-hybridized carbons (Fsp3) is 0.222. The van der Waals surface area contributed by atoms with Gasteiger partial charge in [0, 0.05) is 29.6 Å².